The van der Waals surface area contributed by atoms with Crippen molar-refractivity contribution in [2.45, 2.75) is 0 Å². The van der Waals surface area contributed by atoms with Gasteiger partial charge in [-0.15, -0.1) is 0 Å². The molecule has 0 saturated carbocycles. The van der Waals surface area contributed by atoms with Crippen molar-refractivity contribution in [2.24, 2.45) is 0 Å². The van der Waals surface area contributed by atoms with Crippen molar-refractivity contribution in [3.8, 4) is 0 Å². The summed E-state index contributed by atoms with van der Waals surface area (Å²) in [4.78, 5) is 12.0. The molecular weight excluding hydrogens is 371 g/mol. The van der Waals surface area contributed by atoms with Crippen molar-refractivity contribution in [3.05, 3.63) is 64.1 Å². The lowest BCUT2D eigenvalue weighted by molar-refractivity contribution is 0.0955. The molecule has 0 aromatic heterocycles. The fourth-order valence-electron chi connectivity index (χ4n) is 2.07. The van der Waals surface area contributed by atoms with E-state index >= 15 is 0 Å². The molecule has 8 heteroatoms. The monoisotopic (exact) mass is 386 g/mol. The molecule has 5 nitrogen and oxygen atoms in total. The Balaban J connectivity index is 2.02. The molecule has 2 rings (SSSR count). The van der Waals surface area contributed by atoms with Gasteiger partial charge in [0.15, 0.2) is 0 Å². The second-order valence-corrected chi connectivity index (χ2v) is 7.85. The number of hydrogen-bond donors (Lipinski definition) is 1. The molecular formula is C16H16Cl2N2O3S. The first-order valence-corrected chi connectivity index (χ1v) is 9.65. The van der Waals surface area contributed by atoms with Crippen LogP contribution in [0.15, 0.2) is 48.5 Å². The first-order chi connectivity index (χ1) is 11.3. The summed E-state index contributed by atoms with van der Waals surface area (Å²) < 4.78 is 25.1. The molecule has 0 unspecified atom stereocenters. The number of benzene rings is 2. The Morgan fingerprint density at radius 1 is 1.00 bits per heavy atom. The van der Waals surface area contributed by atoms with Crippen molar-refractivity contribution < 1.29 is 13.2 Å². The average Bonchev–Trinajstić information content (AvgIpc) is 2.52. The predicted molar refractivity (Wildman–Crippen MR) is 97.4 cm³/mol. The number of anilines is 1. The van der Waals surface area contributed by atoms with Gasteiger partial charge in [0.1, 0.15) is 0 Å². The van der Waals surface area contributed by atoms with Gasteiger partial charge in [-0.1, -0.05) is 23.2 Å². The van der Waals surface area contributed by atoms with Gasteiger partial charge < -0.3 is 5.32 Å². The van der Waals surface area contributed by atoms with Gasteiger partial charge in [-0.2, -0.15) is 0 Å². The van der Waals surface area contributed by atoms with E-state index in [0.717, 1.165) is 6.26 Å². The molecule has 0 aliphatic heterocycles. The molecule has 128 valence electrons. The van der Waals surface area contributed by atoms with Crippen LogP contribution in [0.5, 0.6) is 0 Å². The number of nitrogens with zero attached hydrogens (tertiary/aromatic N) is 1. The van der Waals surface area contributed by atoms with E-state index in [4.69, 9.17) is 23.2 Å². The predicted octanol–water partition coefficient (Wildman–Crippen LogP) is 3.19. The van der Waals surface area contributed by atoms with Crippen molar-refractivity contribution in [3.63, 3.8) is 0 Å². The van der Waals surface area contributed by atoms with E-state index in [9.17, 15) is 13.2 Å². The zero-order chi connectivity index (χ0) is 17.7. The minimum absolute atomic E-state index is 0.111. The van der Waals surface area contributed by atoms with Gasteiger partial charge >= 0.3 is 0 Å². The van der Waals surface area contributed by atoms with Gasteiger partial charge in [-0.25, -0.2) is 8.42 Å². The summed E-state index contributed by atoms with van der Waals surface area (Å²) in [6, 6.07) is 12.9. The first-order valence-electron chi connectivity index (χ1n) is 7.04. The molecule has 0 heterocycles. The Morgan fingerprint density at radius 3 is 2.00 bits per heavy atom. The third kappa shape index (κ3) is 5.12. The molecule has 0 bridgehead atoms. The summed E-state index contributed by atoms with van der Waals surface area (Å²) in [6.07, 6.45) is 1.11. The van der Waals surface area contributed by atoms with Gasteiger partial charge in [-0.3, -0.25) is 9.10 Å². The lowest BCUT2D eigenvalue weighted by Gasteiger charge is -2.22. The fourth-order valence-corrected chi connectivity index (χ4v) is 3.25. The number of sulfonamides is 1. The maximum absolute atomic E-state index is 12.0. The van der Waals surface area contributed by atoms with Crippen LogP contribution in [-0.4, -0.2) is 33.7 Å². The quantitative estimate of drug-likeness (QED) is 0.828. The summed E-state index contributed by atoms with van der Waals surface area (Å²) in [5.41, 5.74) is 0.944. The van der Waals surface area contributed by atoms with Gasteiger partial charge in [0.25, 0.3) is 5.91 Å². The minimum atomic E-state index is -3.48. The topological polar surface area (TPSA) is 66.5 Å². The van der Waals surface area contributed by atoms with Crippen LogP contribution in [0.3, 0.4) is 0 Å². The highest BCUT2D eigenvalue weighted by molar-refractivity contribution is 7.92. The second kappa shape index (κ2) is 7.88. The Labute approximate surface area is 151 Å². The van der Waals surface area contributed by atoms with E-state index in [1.54, 1.807) is 48.5 Å². The van der Waals surface area contributed by atoms with Gasteiger partial charge in [0.05, 0.1) is 18.5 Å². The van der Waals surface area contributed by atoms with E-state index in [1.807, 2.05) is 0 Å². The highest BCUT2D eigenvalue weighted by atomic mass is 35.5. The number of carbonyl (C=O) groups is 1. The van der Waals surface area contributed by atoms with E-state index in [2.05, 4.69) is 5.32 Å². The number of amides is 1. The molecule has 2 aromatic carbocycles. The van der Waals surface area contributed by atoms with E-state index < -0.39 is 10.0 Å². The van der Waals surface area contributed by atoms with Crippen LogP contribution in [0.2, 0.25) is 10.0 Å². The lowest BCUT2D eigenvalue weighted by atomic mass is 10.2. The van der Waals surface area contributed by atoms with E-state index in [-0.39, 0.29) is 19.0 Å². The molecule has 1 N–H and O–H groups in total. The standard InChI is InChI=1S/C16H16Cl2N2O3S/c1-24(22,23)20(15-8-6-14(18)7-9-15)11-10-19-16(21)12-2-4-13(17)5-3-12/h2-9H,10-11H2,1H3,(H,19,21). The molecule has 0 saturated heterocycles. The summed E-state index contributed by atoms with van der Waals surface area (Å²) in [5.74, 6) is -0.295. The van der Waals surface area contributed by atoms with Gasteiger partial charge in [-0.05, 0) is 48.5 Å². The number of hydrogen-bond acceptors (Lipinski definition) is 3. The summed E-state index contributed by atoms with van der Waals surface area (Å²) in [5, 5.41) is 3.74. The van der Waals surface area contributed by atoms with Gasteiger partial charge in [0.2, 0.25) is 10.0 Å². The maximum Gasteiger partial charge on any atom is 0.251 e. The average molecular weight is 387 g/mol. The Kier molecular flexibility index (Phi) is 6.10. The maximum atomic E-state index is 12.0. The summed E-state index contributed by atoms with van der Waals surface area (Å²) in [7, 11) is -3.48. The second-order valence-electron chi connectivity index (χ2n) is 5.07. The highest BCUT2D eigenvalue weighted by Crippen LogP contribution is 2.20. The van der Waals surface area contributed by atoms with Crippen molar-refractivity contribution in [1.82, 2.24) is 5.32 Å². The van der Waals surface area contributed by atoms with E-state index in [0.29, 0.717) is 21.3 Å². The first kappa shape index (κ1) is 18.6. The Bertz CT molecular complexity index is 806. The molecule has 0 spiro atoms. The summed E-state index contributed by atoms with van der Waals surface area (Å²) >= 11 is 11.6. The summed E-state index contributed by atoms with van der Waals surface area (Å²) in [6.45, 7) is 0.275. The molecule has 0 aliphatic carbocycles. The number of nitrogens with one attached hydrogen (secondary N) is 1. The van der Waals surface area contributed by atoms with Crippen molar-refractivity contribution in [2.75, 3.05) is 23.7 Å². The Hall–Kier alpha value is -1.76. The number of halogens is 2. The third-order valence-electron chi connectivity index (χ3n) is 3.22. The van der Waals surface area contributed by atoms with Crippen LogP contribution in [0, 0.1) is 0 Å². The molecule has 0 fully saturated rings. The smallest absolute Gasteiger partial charge is 0.251 e. The number of carbonyl (C=O) groups excluding carboxylic acids is 1. The third-order valence-corrected chi connectivity index (χ3v) is 4.92. The van der Waals surface area contributed by atoms with Crippen LogP contribution in [0.25, 0.3) is 0 Å². The SMILES string of the molecule is CS(=O)(=O)N(CCNC(=O)c1ccc(Cl)cc1)c1ccc(Cl)cc1. The molecule has 0 atom stereocenters. The molecule has 2 aromatic rings. The molecule has 0 radical (unpaired) electrons. The largest absolute Gasteiger partial charge is 0.350 e. The lowest BCUT2D eigenvalue weighted by Crippen LogP contribution is -2.38. The van der Waals surface area contributed by atoms with Crippen LogP contribution in [-0.2, 0) is 10.0 Å². The zero-order valence-corrected chi connectivity index (χ0v) is 15.2. The van der Waals surface area contributed by atoms with Crippen LogP contribution in [0.4, 0.5) is 5.69 Å². The van der Waals surface area contributed by atoms with Crippen LogP contribution < -0.4 is 9.62 Å². The van der Waals surface area contributed by atoms with Crippen LogP contribution >= 0.6 is 23.2 Å². The Morgan fingerprint density at radius 2 is 1.50 bits per heavy atom. The van der Waals surface area contributed by atoms with Crippen molar-refractivity contribution in [1.29, 1.82) is 0 Å². The van der Waals surface area contributed by atoms with E-state index in [1.165, 1.54) is 4.31 Å². The fraction of sp³-hybridized carbons (Fsp3) is 0.188. The molecule has 1 amide bonds. The molecule has 24 heavy (non-hydrogen) atoms. The van der Waals surface area contributed by atoms with Gasteiger partial charge in [0, 0.05) is 22.2 Å². The van der Waals surface area contributed by atoms with Crippen LogP contribution in [0.1, 0.15) is 10.4 Å². The zero-order valence-electron chi connectivity index (χ0n) is 12.9. The highest BCUT2D eigenvalue weighted by Gasteiger charge is 2.17. The minimum Gasteiger partial charge on any atom is -0.350 e. The molecule has 0 aliphatic rings. The number of rotatable bonds is 6. The van der Waals surface area contributed by atoms with Crippen molar-refractivity contribution >= 4 is 44.8 Å². The normalized spacial score (nSPS) is 11.1.